The maximum absolute atomic E-state index is 4.57. The number of aliphatic imine (C=N–C) groups is 1. The summed E-state index contributed by atoms with van der Waals surface area (Å²) in [7, 11) is 1.83. The topological polar surface area (TPSA) is 24.4 Å². The molecule has 2 nitrogen and oxygen atoms in total. The first-order valence-electron chi connectivity index (χ1n) is 11.4. The lowest BCUT2D eigenvalue weighted by molar-refractivity contribution is 0.917. The maximum atomic E-state index is 4.57. The molecule has 0 amide bonds. The molecule has 0 atom stereocenters. The highest BCUT2D eigenvalue weighted by Gasteiger charge is 2.50. The fourth-order valence-electron chi connectivity index (χ4n) is 5.84. The van der Waals surface area contributed by atoms with Gasteiger partial charge in [-0.05, 0) is 80.5 Å². The van der Waals surface area contributed by atoms with Crippen LogP contribution in [0.3, 0.4) is 0 Å². The van der Waals surface area contributed by atoms with Crippen molar-refractivity contribution in [1.29, 1.82) is 0 Å². The van der Waals surface area contributed by atoms with E-state index in [1.165, 1.54) is 33.5 Å². The lowest BCUT2D eigenvalue weighted by Crippen LogP contribution is -2.59. The van der Waals surface area contributed by atoms with Gasteiger partial charge in [-0.15, -0.1) is 0 Å². The lowest BCUT2D eigenvalue weighted by Gasteiger charge is -2.48. The summed E-state index contributed by atoms with van der Waals surface area (Å²) in [5.74, 6) is 0. The van der Waals surface area contributed by atoms with Crippen molar-refractivity contribution in [3.63, 3.8) is 0 Å². The van der Waals surface area contributed by atoms with Crippen LogP contribution >= 0.6 is 0 Å². The monoisotopic (exact) mass is 426 g/mol. The summed E-state index contributed by atoms with van der Waals surface area (Å²) < 4.78 is 0. The molecule has 0 bridgehead atoms. The Labute approximate surface area is 188 Å². The van der Waals surface area contributed by atoms with Gasteiger partial charge in [0.15, 0.2) is 0 Å². The van der Waals surface area contributed by atoms with Gasteiger partial charge in [0.25, 0.3) is 0 Å². The van der Waals surface area contributed by atoms with Crippen LogP contribution in [0.4, 0.5) is 5.69 Å². The molecule has 0 spiro atoms. The fraction of sp³-hybridized carbons (Fsp3) is 0.321. The second-order valence-corrected chi connectivity index (χ2v) is 14.5. The Morgan fingerprint density at radius 3 is 2.23 bits per heavy atom. The van der Waals surface area contributed by atoms with Gasteiger partial charge in [-0.25, -0.2) is 0 Å². The molecule has 1 aliphatic carbocycles. The number of rotatable bonds is 4. The average molecular weight is 427 g/mol. The van der Waals surface area contributed by atoms with Gasteiger partial charge in [-0.1, -0.05) is 64.1 Å². The standard InChI is InChI=1S/C28H34N2Si/c1-18(2)31(19(3)4)26-16-21(29-6)12-14-24(26)28(23-11-9-8-10-20(23)5)25-15-13-22(30-7)17-27(25)31/h8-19,29H,1-7H3. The van der Waals surface area contributed by atoms with Gasteiger partial charge in [0.2, 0.25) is 0 Å². The summed E-state index contributed by atoms with van der Waals surface area (Å²) in [6.45, 7) is 11.9. The predicted molar refractivity (Wildman–Crippen MR) is 139 cm³/mol. The van der Waals surface area contributed by atoms with E-state index < -0.39 is 8.07 Å². The van der Waals surface area contributed by atoms with Crippen molar-refractivity contribution in [3.8, 4) is 0 Å². The summed E-state index contributed by atoms with van der Waals surface area (Å²) in [5, 5.41) is 6.50. The van der Waals surface area contributed by atoms with E-state index in [0.717, 1.165) is 5.71 Å². The Bertz CT molecular complexity index is 1140. The van der Waals surface area contributed by atoms with E-state index in [9.17, 15) is 0 Å². The Balaban J connectivity index is 2.20. The smallest absolute Gasteiger partial charge is 0.124 e. The molecule has 4 rings (SSSR count). The molecule has 2 aliphatic rings. The van der Waals surface area contributed by atoms with E-state index in [4.69, 9.17) is 0 Å². The summed E-state index contributed by atoms with van der Waals surface area (Å²) >= 11 is 0. The van der Waals surface area contributed by atoms with Crippen LogP contribution in [-0.2, 0) is 0 Å². The number of fused-ring (bicyclic) bond motifs is 2. The molecule has 31 heavy (non-hydrogen) atoms. The summed E-state index contributed by atoms with van der Waals surface area (Å²) in [5.41, 5.74) is 10.3. The molecule has 0 unspecified atom stereocenters. The van der Waals surface area contributed by atoms with Crippen LogP contribution in [0, 0.1) is 6.92 Å². The summed E-state index contributed by atoms with van der Waals surface area (Å²) in [4.78, 5) is 4.57. The van der Waals surface area contributed by atoms with Crippen molar-refractivity contribution >= 4 is 30.2 Å². The Kier molecular flexibility index (Phi) is 5.65. The second-order valence-electron chi connectivity index (χ2n) is 9.33. The Morgan fingerprint density at radius 2 is 1.61 bits per heavy atom. The third kappa shape index (κ3) is 3.18. The van der Waals surface area contributed by atoms with Crippen LogP contribution in [0.2, 0.25) is 11.1 Å². The summed E-state index contributed by atoms with van der Waals surface area (Å²) in [6.07, 6.45) is 6.92. The molecule has 1 aliphatic heterocycles. The minimum atomic E-state index is -2.09. The number of nitrogens with one attached hydrogen (secondary N) is 1. The number of allylic oxidation sites excluding steroid dienone is 5. The molecule has 0 radical (unpaired) electrons. The normalized spacial score (nSPS) is 18.4. The van der Waals surface area contributed by atoms with Gasteiger partial charge in [0.1, 0.15) is 8.07 Å². The minimum Gasteiger partial charge on any atom is -0.388 e. The van der Waals surface area contributed by atoms with Crippen LogP contribution in [0.15, 0.2) is 76.5 Å². The van der Waals surface area contributed by atoms with Crippen molar-refractivity contribution < 1.29 is 0 Å². The van der Waals surface area contributed by atoms with Crippen molar-refractivity contribution in [2.45, 2.75) is 45.7 Å². The Hall–Kier alpha value is -2.65. The molecule has 160 valence electrons. The zero-order valence-corrected chi connectivity index (χ0v) is 20.9. The molecule has 3 heteroatoms. The molecular formula is C28H34N2Si. The third-order valence-electron chi connectivity index (χ3n) is 7.24. The number of nitrogens with zero attached hydrogens (tertiary/aromatic N) is 1. The molecule has 0 saturated carbocycles. The highest BCUT2D eigenvalue weighted by molar-refractivity contribution is 7.01. The van der Waals surface area contributed by atoms with Gasteiger partial charge in [0.05, 0.1) is 5.71 Å². The number of hydrogen-bond donors (Lipinski definition) is 1. The van der Waals surface area contributed by atoms with Gasteiger partial charge in [0, 0.05) is 19.8 Å². The largest absolute Gasteiger partial charge is 0.388 e. The van der Waals surface area contributed by atoms with Crippen LogP contribution in [0.1, 0.15) is 44.4 Å². The van der Waals surface area contributed by atoms with E-state index in [0.29, 0.717) is 11.1 Å². The molecule has 1 heterocycles. The number of aryl methyl sites for hydroxylation is 1. The first kappa shape index (κ1) is 21.6. The molecule has 0 fully saturated rings. The minimum absolute atomic E-state index is 0.572. The van der Waals surface area contributed by atoms with E-state index in [-0.39, 0.29) is 0 Å². The molecule has 1 N–H and O–H groups in total. The van der Waals surface area contributed by atoms with Crippen molar-refractivity contribution in [2.75, 3.05) is 19.4 Å². The van der Waals surface area contributed by atoms with E-state index in [1.54, 1.807) is 10.4 Å². The molecule has 2 aromatic carbocycles. The molecule has 0 saturated heterocycles. The second kappa shape index (κ2) is 8.12. The zero-order chi connectivity index (χ0) is 22.3. The number of anilines is 1. The highest BCUT2D eigenvalue weighted by atomic mass is 28.3. The first-order chi connectivity index (χ1) is 14.9. The van der Waals surface area contributed by atoms with Gasteiger partial charge >= 0.3 is 0 Å². The van der Waals surface area contributed by atoms with Gasteiger partial charge in [-0.2, -0.15) is 0 Å². The maximum Gasteiger partial charge on any atom is 0.124 e. The van der Waals surface area contributed by atoms with Crippen LogP contribution in [-0.4, -0.2) is 27.9 Å². The van der Waals surface area contributed by atoms with Crippen molar-refractivity contribution in [3.05, 3.63) is 88.2 Å². The van der Waals surface area contributed by atoms with Crippen LogP contribution in [0.5, 0.6) is 0 Å². The van der Waals surface area contributed by atoms with Gasteiger partial charge in [-0.3, -0.25) is 4.99 Å². The lowest BCUT2D eigenvalue weighted by atomic mass is 9.87. The predicted octanol–water partition coefficient (Wildman–Crippen LogP) is 6.43. The number of benzene rings is 2. The Morgan fingerprint density at radius 1 is 0.903 bits per heavy atom. The van der Waals surface area contributed by atoms with Crippen LogP contribution in [0.25, 0.3) is 5.57 Å². The number of hydrogen-bond acceptors (Lipinski definition) is 2. The first-order valence-corrected chi connectivity index (χ1v) is 13.5. The average Bonchev–Trinajstić information content (AvgIpc) is 2.76. The molecular weight excluding hydrogens is 392 g/mol. The summed E-state index contributed by atoms with van der Waals surface area (Å²) in [6, 6.07) is 15.8. The molecule has 0 aromatic heterocycles. The van der Waals surface area contributed by atoms with Crippen LogP contribution < -0.4 is 10.5 Å². The van der Waals surface area contributed by atoms with E-state index in [1.807, 2.05) is 14.1 Å². The highest BCUT2D eigenvalue weighted by Crippen LogP contribution is 2.50. The molecule has 2 aromatic rings. The van der Waals surface area contributed by atoms with Crippen molar-refractivity contribution in [1.82, 2.24) is 0 Å². The fourth-order valence-corrected chi connectivity index (χ4v) is 12.0. The quantitative estimate of drug-likeness (QED) is 0.559. The zero-order valence-electron chi connectivity index (χ0n) is 19.9. The van der Waals surface area contributed by atoms with Crippen molar-refractivity contribution in [2.24, 2.45) is 4.99 Å². The van der Waals surface area contributed by atoms with E-state index in [2.05, 4.69) is 106 Å². The SMILES string of the molecule is CN=C1C=CC2=C(c3ccccc3C)c3ccc(NC)cc3[Si](C(C)C)(C(C)C)C2=C1. The van der Waals surface area contributed by atoms with Gasteiger partial charge < -0.3 is 5.32 Å². The third-order valence-corrected chi connectivity index (χ3v) is 13.5. The van der Waals surface area contributed by atoms with E-state index >= 15 is 0 Å².